The lowest BCUT2D eigenvalue weighted by Gasteiger charge is -2.28. The van der Waals surface area contributed by atoms with E-state index in [0.29, 0.717) is 11.6 Å². The molecule has 26 heavy (non-hydrogen) atoms. The Morgan fingerprint density at radius 2 is 1.85 bits per heavy atom. The molecule has 0 aliphatic heterocycles. The number of benzene rings is 1. The number of sulfonamides is 1. The summed E-state index contributed by atoms with van der Waals surface area (Å²) in [5.41, 5.74) is 0. The Morgan fingerprint density at radius 1 is 1.08 bits per heavy atom. The number of nitrogens with one attached hydrogen (secondary N) is 1. The van der Waals surface area contributed by atoms with Crippen molar-refractivity contribution in [3.05, 3.63) is 48.9 Å². The van der Waals surface area contributed by atoms with E-state index in [-0.39, 0.29) is 24.5 Å². The lowest BCUT2D eigenvalue weighted by atomic mass is 9.94. The van der Waals surface area contributed by atoms with Crippen molar-refractivity contribution < 1.29 is 17.9 Å². The van der Waals surface area contributed by atoms with Crippen LogP contribution in [0.2, 0.25) is 0 Å². The zero-order valence-electron chi connectivity index (χ0n) is 14.5. The van der Waals surface area contributed by atoms with Gasteiger partial charge in [0.2, 0.25) is 15.9 Å². The summed E-state index contributed by atoms with van der Waals surface area (Å²) in [6.45, 7) is 0.129. The fourth-order valence-electron chi connectivity index (χ4n) is 2.91. The van der Waals surface area contributed by atoms with Crippen molar-refractivity contribution in [2.45, 2.75) is 37.8 Å². The fraction of sp³-hybridized carbons (Fsp3) is 0.444. The summed E-state index contributed by atoms with van der Waals surface area (Å²) in [6.07, 6.45) is 7.87. The minimum atomic E-state index is -3.37. The molecular formula is C18H23N3O4S. The molecule has 2 aromatic rings. The van der Waals surface area contributed by atoms with Crippen LogP contribution in [-0.2, 0) is 10.0 Å². The molecule has 1 saturated carbocycles. The van der Waals surface area contributed by atoms with Crippen molar-refractivity contribution in [2.24, 2.45) is 0 Å². The van der Waals surface area contributed by atoms with E-state index in [1.165, 1.54) is 0 Å². The molecule has 140 valence electrons. The summed E-state index contributed by atoms with van der Waals surface area (Å²) in [7, 11) is -3.37. The number of hydrogen-bond donors (Lipinski definition) is 1. The fourth-order valence-corrected chi connectivity index (χ4v) is 4.08. The molecular weight excluding hydrogens is 354 g/mol. The van der Waals surface area contributed by atoms with Gasteiger partial charge in [0.05, 0.1) is 11.9 Å². The number of nitrogens with zero attached hydrogens (tertiary/aromatic N) is 2. The zero-order chi connectivity index (χ0) is 18.2. The lowest BCUT2D eigenvalue weighted by Crippen LogP contribution is -2.41. The lowest BCUT2D eigenvalue weighted by molar-refractivity contribution is 0.138. The van der Waals surface area contributed by atoms with Crippen LogP contribution < -0.4 is 14.2 Å². The Balaban J connectivity index is 1.39. The van der Waals surface area contributed by atoms with E-state index in [9.17, 15) is 8.42 Å². The first-order chi connectivity index (χ1) is 12.6. The van der Waals surface area contributed by atoms with Crippen molar-refractivity contribution in [1.29, 1.82) is 0 Å². The van der Waals surface area contributed by atoms with Crippen molar-refractivity contribution in [3.63, 3.8) is 0 Å². The molecule has 1 aromatic heterocycles. The van der Waals surface area contributed by atoms with Gasteiger partial charge in [0, 0.05) is 18.4 Å². The average molecular weight is 377 g/mol. The van der Waals surface area contributed by atoms with E-state index in [0.717, 1.165) is 25.7 Å². The second-order valence-corrected chi connectivity index (χ2v) is 8.11. The average Bonchev–Trinajstić information content (AvgIpc) is 2.65. The molecule has 8 heteroatoms. The molecule has 1 N–H and O–H groups in total. The molecule has 0 spiro atoms. The monoisotopic (exact) mass is 377 g/mol. The molecule has 3 rings (SSSR count). The molecule has 1 aliphatic rings. The smallest absolute Gasteiger partial charge is 0.232 e. The van der Waals surface area contributed by atoms with E-state index < -0.39 is 10.0 Å². The summed E-state index contributed by atoms with van der Waals surface area (Å²) in [4.78, 5) is 8.07. The molecule has 1 heterocycles. The topological polar surface area (TPSA) is 90.4 Å². The van der Waals surface area contributed by atoms with Gasteiger partial charge in [-0.15, -0.1) is 0 Å². The van der Waals surface area contributed by atoms with Crippen molar-refractivity contribution in [2.75, 3.05) is 12.4 Å². The zero-order valence-corrected chi connectivity index (χ0v) is 15.3. The van der Waals surface area contributed by atoms with Crippen LogP contribution in [0, 0.1) is 0 Å². The molecule has 0 unspecified atom stereocenters. The molecule has 0 bridgehead atoms. The van der Waals surface area contributed by atoms with E-state index in [4.69, 9.17) is 9.47 Å². The number of aromatic nitrogens is 2. The van der Waals surface area contributed by atoms with E-state index in [1.54, 1.807) is 30.7 Å². The van der Waals surface area contributed by atoms with Crippen LogP contribution in [0.15, 0.2) is 48.9 Å². The third-order valence-corrected chi connectivity index (χ3v) is 5.61. The second kappa shape index (κ2) is 8.95. The predicted molar refractivity (Wildman–Crippen MR) is 97.6 cm³/mol. The van der Waals surface area contributed by atoms with Gasteiger partial charge in [-0.2, -0.15) is 0 Å². The highest BCUT2D eigenvalue weighted by molar-refractivity contribution is 7.89. The van der Waals surface area contributed by atoms with Gasteiger partial charge in [-0.3, -0.25) is 4.98 Å². The van der Waals surface area contributed by atoms with E-state index >= 15 is 0 Å². The normalized spacial score (nSPS) is 20.5. The van der Waals surface area contributed by atoms with Crippen LogP contribution in [0.4, 0.5) is 0 Å². The highest BCUT2D eigenvalue weighted by atomic mass is 32.2. The maximum atomic E-state index is 12.2. The quantitative estimate of drug-likeness (QED) is 0.758. The predicted octanol–water partition coefficient (Wildman–Crippen LogP) is 2.17. The molecule has 1 aliphatic carbocycles. The standard InChI is InChI=1S/C18H23N3O4S/c22-26(23,13-12-24-16-4-2-1-3-5-16)21-15-6-8-17(9-7-15)25-18-14-19-10-11-20-18/h1-5,10-11,14-15,17,21H,6-9,12-13H2. The summed E-state index contributed by atoms with van der Waals surface area (Å²) in [5, 5.41) is 0. The van der Waals surface area contributed by atoms with Gasteiger partial charge in [-0.1, -0.05) is 18.2 Å². The van der Waals surface area contributed by atoms with Crippen LogP contribution in [0.25, 0.3) is 0 Å². The first kappa shape index (κ1) is 18.6. The molecule has 1 fully saturated rings. The molecule has 0 amide bonds. The number of hydrogen-bond acceptors (Lipinski definition) is 6. The van der Waals surface area contributed by atoms with Crippen LogP contribution >= 0.6 is 0 Å². The molecule has 7 nitrogen and oxygen atoms in total. The minimum Gasteiger partial charge on any atom is -0.492 e. The summed E-state index contributed by atoms with van der Waals surface area (Å²) in [6, 6.07) is 9.14. The molecule has 0 radical (unpaired) electrons. The van der Waals surface area contributed by atoms with Crippen molar-refractivity contribution in [3.8, 4) is 11.6 Å². The Labute approximate surface area is 153 Å². The molecule has 0 atom stereocenters. The Bertz CT molecular complexity index is 764. The summed E-state index contributed by atoms with van der Waals surface area (Å²) in [5.74, 6) is 1.12. The molecule has 1 aromatic carbocycles. The summed E-state index contributed by atoms with van der Waals surface area (Å²) < 4.78 is 38.5. The van der Waals surface area contributed by atoms with Crippen molar-refractivity contribution in [1.82, 2.24) is 14.7 Å². The molecule has 0 saturated heterocycles. The van der Waals surface area contributed by atoms with Gasteiger partial charge in [0.15, 0.2) is 0 Å². The van der Waals surface area contributed by atoms with Gasteiger partial charge in [-0.05, 0) is 37.8 Å². The SMILES string of the molecule is O=S(=O)(CCOc1ccccc1)NC1CCC(Oc2cnccn2)CC1. The number of para-hydroxylation sites is 1. The highest BCUT2D eigenvalue weighted by Gasteiger charge is 2.26. The first-order valence-electron chi connectivity index (χ1n) is 8.71. The van der Waals surface area contributed by atoms with E-state index in [1.807, 2.05) is 18.2 Å². The Kier molecular flexibility index (Phi) is 6.40. The minimum absolute atomic E-state index is 0.0499. The maximum absolute atomic E-state index is 12.2. The number of ether oxygens (including phenoxy) is 2. The van der Waals surface area contributed by atoms with Crippen LogP contribution in [0.1, 0.15) is 25.7 Å². The van der Waals surface area contributed by atoms with Crippen LogP contribution in [0.5, 0.6) is 11.6 Å². The summed E-state index contributed by atoms with van der Waals surface area (Å²) >= 11 is 0. The van der Waals surface area contributed by atoms with Gasteiger partial charge >= 0.3 is 0 Å². The van der Waals surface area contributed by atoms with Gasteiger partial charge in [-0.25, -0.2) is 18.1 Å². The van der Waals surface area contributed by atoms with E-state index in [2.05, 4.69) is 14.7 Å². The Morgan fingerprint density at radius 3 is 2.54 bits per heavy atom. The van der Waals surface area contributed by atoms with Gasteiger partial charge < -0.3 is 9.47 Å². The highest BCUT2D eigenvalue weighted by Crippen LogP contribution is 2.23. The van der Waals surface area contributed by atoms with Gasteiger partial charge in [0.25, 0.3) is 0 Å². The number of rotatable bonds is 8. The van der Waals surface area contributed by atoms with Crippen LogP contribution in [-0.4, -0.2) is 42.9 Å². The largest absolute Gasteiger partial charge is 0.492 e. The first-order valence-corrected chi connectivity index (χ1v) is 10.4. The Hall–Kier alpha value is -2.19. The third-order valence-electron chi connectivity index (χ3n) is 4.21. The maximum Gasteiger partial charge on any atom is 0.232 e. The van der Waals surface area contributed by atoms with Crippen LogP contribution in [0.3, 0.4) is 0 Å². The van der Waals surface area contributed by atoms with Crippen molar-refractivity contribution >= 4 is 10.0 Å². The van der Waals surface area contributed by atoms with Gasteiger partial charge in [0.1, 0.15) is 18.5 Å². The third kappa shape index (κ3) is 5.96. The second-order valence-electron chi connectivity index (χ2n) is 6.23.